The summed E-state index contributed by atoms with van der Waals surface area (Å²) in [5.74, 6) is 2.09. The van der Waals surface area contributed by atoms with Crippen LogP contribution in [0.25, 0.3) is 11.2 Å². The molecule has 0 atom stereocenters. The van der Waals surface area contributed by atoms with E-state index in [0.29, 0.717) is 17.1 Å². The molecule has 0 spiro atoms. The third kappa shape index (κ3) is 3.12. The number of hydrogen-bond acceptors (Lipinski definition) is 4. The summed E-state index contributed by atoms with van der Waals surface area (Å²) < 4.78 is 4.70. The molecule has 0 amide bonds. The Morgan fingerprint density at radius 3 is 2.36 bits per heavy atom. The molecular formula is C18H29N5O2. The SMILES string of the molecule is CC(C)CCn1c(N2CCC(C)CC2)nc2c1c(=O)n(C)c(=O)n2C. The summed E-state index contributed by atoms with van der Waals surface area (Å²) >= 11 is 0. The summed E-state index contributed by atoms with van der Waals surface area (Å²) in [6.07, 6.45) is 3.23. The highest BCUT2D eigenvalue weighted by Crippen LogP contribution is 2.25. The Morgan fingerprint density at radius 2 is 1.76 bits per heavy atom. The van der Waals surface area contributed by atoms with Gasteiger partial charge >= 0.3 is 5.69 Å². The lowest BCUT2D eigenvalue weighted by molar-refractivity contribution is 0.428. The van der Waals surface area contributed by atoms with Gasteiger partial charge in [-0.25, -0.2) is 4.79 Å². The quantitative estimate of drug-likeness (QED) is 0.845. The minimum absolute atomic E-state index is 0.258. The molecule has 1 saturated heterocycles. The van der Waals surface area contributed by atoms with Crippen LogP contribution in [0.1, 0.15) is 40.0 Å². The highest BCUT2D eigenvalue weighted by Gasteiger charge is 2.25. The van der Waals surface area contributed by atoms with Gasteiger partial charge in [0, 0.05) is 33.7 Å². The first-order valence-electron chi connectivity index (χ1n) is 9.22. The Hall–Kier alpha value is -2.05. The minimum atomic E-state index is -0.329. The third-order valence-corrected chi connectivity index (χ3v) is 5.32. The van der Waals surface area contributed by atoms with Crippen molar-refractivity contribution in [3.05, 3.63) is 20.8 Å². The molecule has 25 heavy (non-hydrogen) atoms. The summed E-state index contributed by atoms with van der Waals surface area (Å²) in [5.41, 5.74) is 0.445. The Bertz CT molecular complexity index is 881. The van der Waals surface area contributed by atoms with Gasteiger partial charge in [0.2, 0.25) is 5.95 Å². The van der Waals surface area contributed by atoms with Gasteiger partial charge in [0.1, 0.15) is 0 Å². The lowest BCUT2D eigenvalue weighted by atomic mass is 10.00. The maximum Gasteiger partial charge on any atom is 0.332 e. The predicted octanol–water partition coefficient (Wildman–Crippen LogP) is 1.72. The summed E-state index contributed by atoms with van der Waals surface area (Å²) in [6.45, 7) is 9.26. The fraction of sp³-hybridized carbons (Fsp3) is 0.722. The number of aromatic nitrogens is 4. The molecule has 0 aliphatic carbocycles. The highest BCUT2D eigenvalue weighted by molar-refractivity contribution is 5.74. The van der Waals surface area contributed by atoms with Crippen LogP contribution in [-0.4, -0.2) is 31.8 Å². The maximum absolute atomic E-state index is 12.8. The number of rotatable bonds is 4. The summed E-state index contributed by atoms with van der Waals surface area (Å²) in [7, 11) is 3.22. The summed E-state index contributed by atoms with van der Waals surface area (Å²) in [5, 5.41) is 0. The van der Waals surface area contributed by atoms with Crippen LogP contribution in [-0.2, 0) is 20.6 Å². The molecule has 1 fully saturated rings. The van der Waals surface area contributed by atoms with Gasteiger partial charge < -0.3 is 9.47 Å². The van der Waals surface area contributed by atoms with Gasteiger partial charge in [0.25, 0.3) is 5.56 Å². The molecule has 0 radical (unpaired) electrons. The van der Waals surface area contributed by atoms with E-state index < -0.39 is 0 Å². The highest BCUT2D eigenvalue weighted by atomic mass is 16.2. The van der Waals surface area contributed by atoms with Gasteiger partial charge in [-0.2, -0.15) is 4.98 Å². The summed E-state index contributed by atoms with van der Waals surface area (Å²) in [4.78, 5) is 32.1. The van der Waals surface area contributed by atoms with E-state index in [1.807, 2.05) is 4.57 Å². The number of aryl methyl sites for hydroxylation is 2. The van der Waals surface area contributed by atoms with Crippen LogP contribution in [0.5, 0.6) is 0 Å². The Labute approximate surface area is 147 Å². The normalized spacial score (nSPS) is 16.3. The lowest BCUT2D eigenvalue weighted by Crippen LogP contribution is -2.38. The smallest absolute Gasteiger partial charge is 0.332 e. The second-order valence-electron chi connectivity index (χ2n) is 7.79. The average molecular weight is 347 g/mol. The molecule has 3 heterocycles. The molecule has 2 aromatic rings. The number of fused-ring (bicyclic) bond motifs is 1. The first-order valence-corrected chi connectivity index (χ1v) is 9.22. The van der Waals surface area contributed by atoms with Gasteiger partial charge in [-0.15, -0.1) is 0 Å². The zero-order valence-corrected chi connectivity index (χ0v) is 15.9. The van der Waals surface area contributed by atoms with Gasteiger partial charge in [-0.3, -0.25) is 13.9 Å². The molecule has 138 valence electrons. The van der Waals surface area contributed by atoms with Crippen molar-refractivity contribution in [2.45, 2.75) is 46.6 Å². The number of anilines is 1. The molecule has 7 nitrogen and oxygen atoms in total. The van der Waals surface area contributed by atoms with Crippen molar-refractivity contribution >= 4 is 17.1 Å². The van der Waals surface area contributed by atoms with Crippen molar-refractivity contribution in [1.82, 2.24) is 18.7 Å². The molecule has 1 aliphatic rings. The van der Waals surface area contributed by atoms with Crippen molar-refractivity contribution in [3.8, 4) is 0 Å². The standard InChI is InChI=1S/C18H29N5O2/c1-12(2)6-11-23-14-15(20(4)18(25)21(5)16(14)24)19-17(23)22-9-7-13(3)8-10-22/h12-13H,6-11H2,1-5H3. The number of imidazole rings is 1. The fourth-order valence-electron chi connectivity index (χ4n) is 3.48. The van der Waals surface area contributed by atoms with E-state index in [0.717, 1.165) is 50.8 Å². The zero-order chi connectivity index (χ0) is 18.3. The molecule has 2 aromatic heterocycles. The topological polar surface area (TPSA) is 65.1 Å². The first kappa shape index (κ1) is 17.8. The Balaban J connectivity index is 2.19. The van der Waals surface area contributed by atoms with Crippen LogP contribution in [0.3, 0.4) is 0 Å². The van der Waals surface area contributed by atoms with Gasteiger partial charge in [0.15, 0.2) is 11.2 Å². The third-order valence-electron chi connectivity index (χ3n) is 5.32. The molecule has 0 N–H and O–H groups in total. The van der Waals surface area contributed by atoms with Crippen molar-refractivity contribution in [2.75, 3.05) is 18.0 Å². The lowest BCUT2D eigenvalue weighted by Gasteiger charge is -2.31. The van der Waals surface area contributed by atoms with Crippen molar-refractivity contribution < 1.29 is 0 Å². The van der Waals surface area contributed by atoms with Crippen LogP contribution < -0.4 is 16.1 Å². The molecule has 0 unspecified atom stereocenters. The van der Waals surface area contributed by atoms with Crippen LogP contribution in [0, 0.1) is 11.8 Å². The average Bonchev–Trinajstić information content (AvgIpc) is 2.96. The molecule has 7 heteroatoms. The zero-order valence-electron chi connectivity index (χ0n) is 15.9. The van der Waals surface area contributed by atoms with Crippen LogP contribution in [0.4, 0.5) is 5.95 Å². The van der Waals surface area contributed by atoms with E-state index in [1.54, 1.807) is 7.05 Å². The van der Waals surface area contributed by atoms with E-state index in [2.05, 4.69) is 25.7 Å². The molecule has 1 aliphatic heterocycles. The van der Waals surface area contributed by atoms with Crippen LogP contribution >= 0.6 is 0 Å². The predicted molar refractivity (Wildman–Crippen MR) is 100 cm³/mol. The minimum Gasteiger partial charge on any atom is -0.342 e. The maximum atomic E-state index is 12.8. The van der Waals surface area contributed by atoms with Gasteiger partial charge in [-0.1, -0.05) is 20.8 Å². The number of nitrogens with zero attached hydrogens (tertiary/aromatic N) is 5. The Kier molecular flexibility index (Phi) is 4.75. The molecular weight excluding hydrogens is 318 g/mol. The summed E-state index contributed by atoms with van der Waals surface area (Å²) in [6, 6.07) is 0. The largest absolute Gasteiger partial charge is 0.342 e. The van der Waals surface area contributed by atoms with E-state index in [1.165, 1.54) is 16.2 Å². The number of piperidine rings is 1. The first-order chi connectivity index (χ1) is 11.8. The van der Waals surface area contributed by atoms with E-state index in [-0.39, 0.29) is 11.2 Å². The molecule has 0 bridgehead atoms. The molecule has 0 aromatic carbocycles. The van der Waals surface area contributed by atoms with Gasteiger partial charge in [-0.05, 0) is 31.1 Å². The second-order valence-corrected chi connectivity index (χ2v) is 7.79. The molecule has 3 rings (SSSR count). The van der Waals surface area contributed by atoms with E-state index >= 15 is 0 Å². The van der Waals surface area contributed by atoms with Crippen molar-refractivity contribution in [2.24, 2.45) is 25.9 Å². The van der Waals surface area contributed by atoms with Crippen LogP contribution in [0.2, 0.25) is 0 Å². The van der Waals surface area contributed by atoms with E-state index in [9.17, 15) is 9.59 Å². The molecule has 0 saturated carbocycles. The van der Waals surface area contributed by atoms with Gasteiger partial charge in [0.05, 0.1) is 0 Å². The Morgan fingerprint density at radius 1 is 1.12 bits per heavy atom. The fourth-order valence-corrected chi connectivity index (χ4v) is 3.48. The monoisotopic (exact) mass is 347 g/mol. The van der Waals surface area contributed by atoms with Crippen molar-refractivity contribution in [1.29, 1.82) is 0 Å². The van der Waals surface area contributed by atoms with Crippen LogP contribution in [0.15, 0.2) is 9.59 Å². The van der Waals surface area contributed by atoms with E-state index in [4.69, 9.17) is 4.98 Å². The van der Waals surface area contributed by atoms with Crippen molar-refractivity contribution in [3.63, 3.8) is 0 Å². The number of hydrogen-bond donors (Lipinski definition) is 0. The second kappa shape index (κ2) is 6.69.